The number of halogens is 1. The van der Waals surface area contributed by atoms with Gasteiger partial charge in [0.05, 0.1) is 18.2 Å². The van der Waals surface area contributed by atoms with Gasteiger partial charge < -0.3 is 5.32 Å². The number of nitrogens with one attached hydrogen (secondary N) is 2. The summed E-state index contributed by atoms with van der Waals surface area (Å²) in [5.41, 5.74) is 0. The number of hydrogen-bond acceptors (Lipinski definition) is 5. The van der Waals surface area contributed by atoms with Crippen molar-refractivity contribution in [2.45, 2.75) is 43.5 Å². The van der Waals surface area contributed by atoms with Crippen molar-refractivity contribution in [1.29, 1.82) is 0 Å². The lowest BCUT2D eigenvalue weighted by Gasteiger charge is -2.39. The van der Waals surface area contributed by atoms with Crippen LogP contribution in [0.5, 0.6) is 0 Å². The maximum atomic E-state index is 12.4. The van der Waals surface area contributed by atoms with E-state index in [1.54, 1.807) is 24.3 Å². The van der Waals surface area contributed by atoms with Gasteiger partial charge >= 0.3 is 0 Å². The van der Waals surface area contributed by atoms with Gasteiger partial charge in [0.15, 0.2) is 0 Å². The molecule has 132 valence electrons. The Kier molecular flexibility index (Phi) is 5.46. The van der Waals surface area contributed by atoms with Crippen molar-refractivity contribution in [3.05, 3.63) is 28.7 Å². The minimum Gasteiger partial charge on any atom is -0.343 e. The third kappa shape index (κ3) is 4.10. The van der Waals surface area contributed by atoms with Crippen LogP contribution in [-0.4, -0.2) is 38.7 Å². The van der Waals surface area contributed by atoms with Crippen LogP contribution in [0.25, 0.3) is 0 Å². The van der Waals surface area contributed by atoms with Gasteiger partial charge in [0.25, 0.3) is 10.0 Å². The first-order valence-corrected chi connectivity index (χ1v) is 10.5. The fourth-order valence-corrected chi connectivity index (χ4v) is 4.64. The van der Waals surface area contributed by atoms with Crippen molar-refractivity contribution in [2.75, 3.05) is 13.3 Å². The molecule has 0 bridgehead atoms. The number of hydrogen-bond donors (Lipinski definition) is 2. The fourth-order valence-electron chi connectivity index (χ4n) is 3.37. The van der Waals surface area contributed by atoms with Crippen LogP contribution < -0.4 is 10.0 Å². The summed E-state index contributed by atoms with van der Waals surface area (Å²) in [4.78, 5) is 6.89. The highest BCUT2D eigenvalue weighted by Gasteiger charge is 2.29. The van der Waals surface area contributed by atoms with E-state index >= 15 is 0 Å². The highest BCUT2D eigenvalue weighted by atomic mass is 79.9. The molecule has 24 heavy (non-hydrogen) atoms. The average Bonchev–Trinajstić information content (AvgIpc) is 2.56. The Morgan fingerprint density at radius 3 is 2.58 bits per heavy atom. The lowest BCUT2D eigenvalue weighted by atomic mass is 9.85. The molecule has 1 aromatic carbocycles. The highest BCUT2D eigenvalue weighted by Crippen LogP contribution is 2.28. The van der Waals surface area contributed by atoms with Gasteiger partial charge in [-0.25, -0.2) is 18.1 Å². The van der Waals surface area contributed by atoms with Crippen LogP contribution in [0.2, 0.25) is 0 Å². The first-order chi connectivity index (χ1) is 11.5. The molecule has 2 atom stereocenters. The van der Waals surface area contributed by atoms with Crippen molar-refractivity contribution in [3.63, 3.8) is 0 Å². The van der Waals surface area contributed by atoms with E-state index in [0.29, 0.717) is 31.3 Å². The number of aliphatic imine (C=N–C) groups is 1. The van der Waals surface area contributed by atoms with Gasteiger partial charge in [0, 0.05) is 10.5 Å². The predicted octanol–water partition coefficient (Wildman–Crippen LogP) is 2.48. The molecule has 2 unspecified atom stereocenters. The highest BCUT2D eigenvalue weighted by molar-refractivity contribution is 9.10. The van der Waals surface area contributed by atoms with Crippen LogP contribution in [0.4, 0.5) is 0 Å². The van der Waals surface area contributed by atoms with Crippen molar-refractivity contribution in [1.82, 2.24) is 14.9 Å². The number of guanidine groups is 1. The van der Waals surface area contributed by atoms with Gasteiger partial charge in [-0.05, 0) is 43.0 Å². The van der Waals surface area contributed by atoms with Crippen molar-refractivity contribution in [3.8, 4) is 0 Å². The van der Waals surface area contributed by atoms with E-state index in [0.717, 1.165) is 4.47 Å². The van der Waals surface area contributed by atoms with Gasteiger partial charge in [0.2, 0.25) is 5.96 Å². The summed E-state index contributed by atoms with van der Waals surface area (Å²) in [7, 11) is -3.61. The summed E-state index contributed by atoms with van der Waals surface area (Å²) in [5.74, 6) is 0.981. The summed E-state index contributed by atoms with van der Waals surface area (Å²) >= 11 is 3.30. The largest absolute Gasteiger partial charge is 0.343 e. The van der Waals surface area contributed by atoms with Gasteiger partial charge in [-0.1, -0.05) is 35.7 Å². The summed E-state index contributed by atoms with van der Waals surface area (Å²) in [6, 6.07) is 7.06. The molecule has 0 aromatic heterocycles. The van der Waals surface area contributed by atoms with Crippen molar-refractivity contribution < 1.29 is 8.42 Å². The molecular weight excluding hydrogens is 392 g/mol. The molecule has 1 aliphatic heterocycles. The zero-order valence-electron chi connectivity index (χ0n) is 13.7. The van der Waals surface area contributed by atoms with E-state index in [4.69, 9.17) is 0 Å². The third-order valence-corrected chi connectivity index (χ3v) is 6.63. The molecule has 0 saturated heterocycles. The maximum absolute atomic E-state index is 12.4. The van der Waals surface area contributed by atoms with Crippen LogP contribution in [0.3, 0.4) is 0 Å². The molecule has 1 saturated carbocycles. The molecule has 3 rings (SSSR count). The molecule has 8 heteroatoms. The van der Waals surface area contributed by atoms with E-state index in [-0.39, 0.29) is 4.90 Å². The molecule has 0 spiro atoms. The Morgan fingerprint density at radius 1 is 1.25 bits per heavy atom. The predicted molar refractivity (Wildman–Crippen MR) is 98.0 cm³/mol. The second-order valence-electron chi connectivity index (χ2n) is 6.46. The van der Waals surface area contributed by atoms with E-state index in [1.165, 1.54) is 25.7 Å². The first kappa shape index (κ1) is 17.7. The first-order valence-electron chi connectivity index (χ1n) is 8.26. The Bertz CT molecular complexity index is 705. The topological polar surface area (TPSA) is 73.8 Å². The number of sulfonamides is 1. The molecule has 0 radical (unpaired) electrons. The summed E-state index contributed by atoms with van der Waals surface area (Å²) in [5, 5.41) is 3.10. The zero-order chi connectivity index (χ0) is 17.2. The van der Waals surface area contributed by atoms with E-state index in [1.807, 2.05) is 0 Å². The van der Waals surface area contributed by atoms with E-state index < -0.39 is 10.0 Å². The Hall–Kier alpha value is -1.12. The van der Waals surface area contributed by atoms with Crippen LogP contribution in [-0.2, 0) is 10.0 Å². The molecule has 2 aliphatic rings. The minimum atomic E-state index is -3.61. The molecule has 0 amide bonds. The smallest absolute Gasteiger partial charge is 0.264 e. The van der Waals surface area contributed by atoms with Crippen molar-refractivity contribution in [2.24, 2.45) is 10.9 Å². The Morgan fingerprint density at radius 2 is 1.96 bits per heavy atom. The number of benzene rings is 1. The average molecular weight is 415 g/mol. The van der Waals surface area contributed by atoms with Crippen LogP contribution in [0.1, 0.15) is 32.6 Å². The SMILES string of the molecule is CC1CCCCC1N1CN=C(NS(=O)(=O)c2ccc(Br)cc2)NC1. The lowest BCUT2D eigenvalue weighted by molar-refractivity contribution is 0.106. The second kappa shape index (κ2) is 7.41. The van der Waals surface area contributed by atoms with Crippen LogP contribution in [0, 0.1) is 5.92 Å². The molecule has 1 aliphatic carbocycles. The van der Waals surface area contributed by atoms with Gasteiger partial charge in [-0.15, -0.1) is 0 Å². The monoisotopic (exact) mass is 414 g/mol. The standard InChI is InChI=1S/C16H23BrN4O2S/c1-12-4-2-3-5-15(12)21-10-18-16(19-11-21)20-24(22,23)14-8-6-13(17)7-9-14/h6-9,12,15H,2-5,10-11H2,1H3,(H2,18,19,20). The molecule has 2 N–H and O–H groups in total. The second-order valence-corrected chi connectivity index (χ2v) is 9.06. The van der Waals surface area contributed by atoms with E-state index in [9.17, 15) is 8.42 Å². The number of rotatable bonds is 3. The fraction of sp³-hybridized carbons (Fsp3) is 0.562. The molecule has 1 aromatic rings. The quantitative estimate of drug-likeness (QED) is 0.796. The Balaban J connectivity index is 1.63. The van der Waals surface area contributed by atoms with Crippen molar-refractivity contribution >= 4 is 31.9 Å². The van der Waals surface area contributed by atoms with E-state index in [2.05, 4.69) is 42.8 Å². The number of nitrogens with zero attached hydrogens (tertiary/aromatic N) is 2. The van der Waals surface area contributed by atoms with Gasteiger partial charge in [-0.3, -0.25) is 4.90 Å². The third-order valence-electron chi connectivity index (χ3n) is 4.75. The molecule has 1 fully saturated rings. The maximum Gasteiger partial charge on any atom is 0.264 e. The summed E-state index contributed by atoms with van der Waals surface area (Å²) < 4.78 is 28.1. The Labute approximate surface area is 151 Å². The summed E-state index contributed by atoms with van der Waals surface area (Å²) in [6.45, 7) is 3.44. The molecule has 6 nitrogen and oxygen atoms in total. The van der Waals surface area contributed by atoms with Gasteiger partial charge in [0.1, 0.15) is 0 Å². The minimum absolute atomic E-state index is 0.221. The van der Waals surface area contributed by atoms with Crippen LogP contribution in [0.15, 0.2) is 38.6 Å². The normalized spacial score (nSPS) is 25.7. The molecular formula is C16H23BrN4O2S. The summed E-state index contributed by atoms with van der Waals surface area (Å²) in [6.07, 6.45) is 5.02. The van der Waals surface area contributed by atoms with Crippen LogP contribution >= 0.6 is 15.9 Å². The van der Waals surface area contributed by atoms with Gasteiger partial charge in [-0.2, -0.15) is 0 Å². The zero-order valence-corrected chi connectivity index (χ0v) is 16.1. The molecule has 1 heterocycles. The lowest BCUT2D eigenvalue weighted by Crippen LogP contribution is -2.54.